The zero-order chi connectivity index (χ0) is 52.2. The van der Waals surface area contributed by atoms with Crippen LogP contribution in [0.4, 0.5) is 0 Å². The number of carbonyl (C=O) groups is 3. The minimum absolute atomic E-state index is 0.102. The van der Waals surface area contributed by atoms with Gasteiger partial charge in [-0.1, -0.05) is 306 Å². The molecule has 1 unspecified atom stereocenters. The van der Waals surface area contributed by atoms with Crippen LogP contribution in [0.15, 0.2) is 72.9 Å². The van der Waals surface area contributed by atoms with Crippen LogP contribution >= 0.6 is 0 Å². The minimum atomic E-state index is -0.812. The monoisotopic (exact) mass is 1000 g/mol. The molecule has 6 nitrogen and oxygen atoms in total. The first-order valence-electron chi connectivity index (χ1n) is 30.9. The third-order valence-electron chi connectivity index (χ3n) is 13.5. The van der Waals surface area contributed by atoms with Gasteiger partial charge in [-0.15, -0.1) is 0 Å². The van der Waals surface area contributed by atoms with Crippen LogP contribution in [0.1, 0.15) is 310 Å². The maximum absolute atomic E-state index is 12.8. The average molecular weight is 1010 g/mol. The van der Waals surface area contributed by atoms with Gasteiger partial charge in [-0.3, -0.25) is 14.4 Å². The van der Waals surface area contributed by atoms with Crippen molar-refractivity contribution in [3.05, 3.63) is 72.9 Å². The third kappa shape index (κ3) is 57.7. The van der Waals surface area contributed by atoms with Crippen molar-refractivity contribution in [3.63, 3.8) is 0 Å². The summed E-state index contributed by atoms with van der Waals surface area (Å²) in [6, 6.07) is 0. The van der Waals surface area contributed by atoms with Crippen LogP contribution < -0.4 is 0 Å². The molecule has 0 spiro atoms. The second kappa shape index (κ2) is 60.4. The van der Waals surface area contributed by atoms with E-state index in [1.807, 2.05) is 6.08 Å². The zero-order valence-electron chi connectivity index (χ0n) is 47.7. The summed E-state index contributed by atoms with van der Waals surface area (Å²) in [5.74, 6) is -0.980. The SMILES string of the molecule is CC/C=C\C/C=C\C/C=C\C/C=C\C/C=C\C/C=C\CCC(=O)OC(COC(=O)CCCCCCCCCC)COC(=O)CCCCCCCCCCCCCCCCCCCCCCCCCCCCC. The van der Waals surface area contributed by atoms with Crippen LogP contribution in [0.25, 0.3) is 0 Å². The minimum Gasteiger partial charge on any atom is -0.462 e. The van der Waals surface area contributed by atoms with Gasteiger partial charge in [0.2, 0.25) is 0 Å². The predicted molar refractivity (Wildman–Crippen MR) is 311 cm³/mol. The molecule has 0 bridgehead atoms. The van der Waals surface area contributed by atoms with Crippen molar-refractivity contribution in [1.82, 2.24) is 0 Å². The van der Waals surface area contributed by atoms with Gasteiger partial charge in [-0.25, -0.2) is 0 Å². The van der Waals surface area contributed by atoms with E-state index in [0.29, 0.717) is 19.3 Å². The summed E-state index contributed by atoms with van der Waals surface area (Å²) in [6.07, 6.45) is 78.1. The van der Waals surface area contributed by atoms with Gasteiger partial charge in [0.1, 0.15) is 13.2 Å². The number of hydrogen-bond acceptors (Lipinski definition) is 6. The van der Waals surface area contributed by atoms with E-state index in [9.17, 15) is 14.4 Å². The van der Waals surface area contributed by atoms with Gasteiger partial charge < -0.3 is 14.2 Å². The van der Waals surface area contributed by atoms with Gasteiger partial charge >= 0.3 is 17.9 Å². The van der Waals surface area contributed by atoms with Crippen LogP contribution in [0.5, 0.6) is 0 Å². The number of carbonyl (C=O) groups excluding carboxylic acids is 3. The fraction of sp³-hybridized carbons (Fsp3) is 0.773. The maximum Gasteiger partial charge on any atom is 0.306 e. The molecule has 0 saturated carbocycles. The number of esters is 3. The van der Waals surface area contributed by atoms with Crippen LogP contribution in [0.3, 0.4) is 0 Å². The average Bonchev–Trinajstić information content (AvgIpc) is 3.38. The molecule has 0 amide bonds. The smallest absolute Gasteiger partial charge is 0.306 e. The fourth-order valence-corrected chi connectivity index (χ4v) is 8.88. The molecule has 0 heterocycles. The van der Waals surface area contributed by atoms with Gasteiger partial charge in [-0.2, -0.15) is 0 Å². The van der Waals surface area contributed by atoms with Crippen molar-refractivity contribution >= 4 is 17.9 Å². The third-order valence-corrected chi connectivity index (χ3v) is 13.5. The highest BCUT2D eigenvalue weighted by atomic mass is 16.6. The Labute approximate surface area is 446 Å². The first kappa shape index (κ1) is 68.8. The summed E-state index contributed by atoms with van der Waals surface area (Å²) in [5.41, 5.74) is 0. The lowest BCUT2D eigenvalue weighted by atomic mass is 10.0. The van der Waals surface area contributed by atoms with Crippen molar-refractivity contribution in [3.8, 4) is 0 Å². The Bertz CT molecular complexity index is 1340. The molecule has 0 rings (SSSR count). The molecule has 0 N–H and O–H groups in total. The molecule has 0 aliphatic rings. The van der Waals surface area contributed by atoms with Crippen LogP contribution in [-0.4, -0.2) is 37.2 Å². The second-order valence-electron chi connectivity index (χ2n) is 20.6. The Balaban J connectivity index is 4.20. The predicted octanol–water partition coefficient (Wildman–Crippen LogP) is 20.9. The molecule has 0 aromatic carbocycles. The topological polar surface area (TPSA) is 78.9 Å². The van der Waals surface area contributed by atoms with Gasteiger partial charge in [-0.05, 0) is 57.8 Å². The Hall–Kier alpha value is -3.15. The molecule has 416 valence electrons. The lowest BCUT2D eigenvalue weighted by Crippen LogP contribution is -2.30. The van der Waals surface area contributed by atoms with Crippen molar-refractivity contribution in [2.45, 2.75) is 316 Å². The van der Waals surface area contributed by atoms with E-state index in [0.717, 1.165) is 77.0 Å². The van der Waals surface area contributed by atoms with E-state index in [2.05, 4.69) is 87.6 Å². The quantitative estimate of drug-likeness (QED) is 0.0261. The molecule has 72 heavy (non-hydrogen) atoms. The molecule has 6 heteroatoms. The normalized spacial score (nSPS) is 12.5. The summed E-state index contributed by atoms with van der Waals surface area (Å²) >= 11 is 0. The summed E-state index contributed by atoms with van der Waals surface area (Å²) < 4.78 is 16.8. The highest BCUT2D eigenvalue weighted by molar-refractivity contribution is 5.71. The van der Waals surface area contributed by atoms with Crippen LogP contribution in [0.2, 0.25) is 0 Å². The van der Waals surface area contributed by atoms with Crippen molar-refractivity contribution < 1.29 is 28.6 Å². The Morgan fingerprint density at radius 3 is 0.819 bits per heavy atom. The van der Waals surface area contributed by atoms with Gasteiger partial charge in [0.05, 0.1) is 0 Å². The fourth-order valence-electron chi connectivity index (χ4n) is 8.88. The van der Waals surface area contributed by atoms with E-state index < -0.39 is 6.10 Å². The summed E-state index contributed by atoms with van der Waals surface area (Å²) in [5, 5.41) is 0. The molecule has 0 aromatic rings. The summed E-state index contributed by atoms with van der Waals surface area (Å²) in [6.45, 7) is 6.47. The van der Waals surface area contributed by atoms with E-state index in [-0.39, 0.29) is 37.5 Å². The van der Waals surface area contributed by atoms with Crippen molar-refractivity contribution in [2.75, 3.05) is 13.2 Å². The highest BCUT2D eigenvalue weighted by Crippen LogP contribution is 2.17. The van der Waals surface area contributed by atoms with Gasteiger partial charge in [0, 0.05) is 19.3 Å². The van der Waals surface area contributed by atoms with Crippen LogP contribution in [0, 0.1) is 0 Å². The van der Waals surface area contributed by atoms with Gasteiger partial charge in [0.25, 0.3) is 0 Å². The Morgan fingerprint density at radius 2 is 0.542 bits per heavy atom. The molecule has 0 fully saturated rings. The molecule has 0 saturated heterocycles. The van der Waals surface area contributed by atoms with Crippen molar-refractivity contribution in [1.29, 1.82) is 0 Å². The maximum atomic E-state index is 12.8. The molecule has 0 radical (unpaired) electrons. The lowest BCUT2D eigenvalue weighted by molar-refractivity contribution is -0.166. The lowest BCUT2D eigenvalue weighted by Gasteiger charge is -2.18. The number of ether oxygens (including phenoxy) is 3. The highest BCUT2D eigenvalue weighted by Gasteiger charge is 2.19. The largest absolute Gasteiger partial charge is 0.462 e. The van der Waals surface area contributed by atoms with E-state index in [1.54, 1.807) is 0 Å². The molecule has 0 aliphatic heterocycles. The molecule has 0 aliphatic carbocycles. The Morgan fingerprint density at radius 1 is 0.292 bits per heavy atom. The summed E-state index contributed by atoms with van der Waals surface area (Å²) in [4.78, 5) is 38.0. The molecular weight excluding hydrogens is 889 g/mol. The Kier molecular flexibility index (Phi) is 57.8. The molecule has 0 aromatic heterocycles. The standard InChI is InChI=1S/C66H116O6/c1-4-7-10-13-16-19-21-23-25-27-29-30-31-32-33-34-35-36-38-39-41-43-45-47-50-53-56-59-65(68)71-62-63(61-70-64(67)58-55-52-49-18-15-12-9-6-3)72-66(69)60-57-54-51-48-46-44-42-40-37-28-26-24-22-20-17-14-11-8-5-2/h8,11,17,20,24,26,37,40,44,46,51,54,63H,4-7,9-10,12-16,18-19,21-23,25,27-36,38-39,41-43,45,47-50,52-53,55-62H2,1-3H3/b11-8-,20-17-,26-24-,40-37-,46-44-,54-51-. The van der Waals surface area contributed by atoms with E-state index in [4.69, 9.17) is 14.2 Å². The van der Waals surface area contributed by atoms with E-state index in [1.165, 1.54) is 186 Å². The van der Waals surface area contributed by atoms with Gasteiger partial charge in [0.15, 0.2) is 6.10 Å². The number of rotatable bonds is 56. The first-order chi connectivity index (χ1) is 35.5. The molecule has 1 atom stereocenters. The van der Waals surface area contributed by atoms with E-state index >= 15 is 0 Å². The summed E-state index contributed by atoms with van der Waals surface area (Å²) in [7, 11) is 0. The second-order valence-corrected chi connectivity index (χ2v) is 20.6. The number of unbranched alkanes of at least 4 members (excludes halogenated alkanes) is 33. The number of allylic oxidation sites excluding steroid dienone is 12. The van der Waals surface area contributed by atoms with Crippen LogP contribution in [-0.2, 0) is 28.6 Å². The molecular formula is C66H116O6. The first-order valence-corrected chi connectivity index (χ1v) is 30.9. The zero-order valence-corrected chi connectivity index (χ0v) is 47.7. The van der Waals surface area contributed by atoms with Crippen molar-refractivity contribution in [2.24, 2.45) is 0 Å². The number of hydrogen-bond donors (Lipinski definition) is 0.